The standard InChI is InChI=1S/C21H28ClN7O4/c1-25-11-18-20(31)29(14-27(18)13-25)28-9-7-26(8-10-28)19(30)17(12-33-2)24-21(32)23-16-5-3-15(22)4-6-16/h3-6,11,17H,7-10,12-14H2,1-2H3,(H2,23,24,32). The summed E-state index contributed by atoms with van der Waals surface area (Å²) in [4.78, 5) is 43.9. The molecule has 0 saturated carbocycles. The second-order valence-corrected chi connectivity index (χ2v) is 8.63. The molecule has 3 aliphatic rings. The monoisotopic (exact) mass is 477 g/mol. The number of rotatable bonds is 6. The highest BCUT2D eigenvalue weighted by molar-refractivity contribution is 6.30. The molecule has 4 rings (SSSR count). The van der Waals surface area contributed by atoms with Gasteiger partial charge in [0.2, 0.25) is 5.91 Å². The number of hydrazine groups is 1. The van der Waals surface area contributed by atoms with E-state index in [-0.39, 0.29) is 18.4 Å². The highest BCUT2D eigenvalue weighted by atomic mass is 35.5. The van der Waals surface area contributed by atoms with Gasteiger partial charge in [0, 0.05) is 57.2 Å². The van der Waals surface area contributed by atoms with E-state index in [9.17, 15) is 14.4 Å². The third-order valence-electron chi connectivity index (χ3n) is 5.78. The highest BCUT2D eigenvalue weighted by Crippen LogP contribution is 2.25. The number of fused-ring (bicyclic) bond motifs is 1. The summed E-state index contributed by atoms with van der Waals surface area (Å²) < 4.78 is 5.16. The zero-order valence-corrected chi connectivity index (χ0v) is 19.4. The van der Waals surface area contributed by atoms with Crippen molar-refractivity contribution in [2.45, 2.75) is 6.04 Å². The summed E-state index contributed by atoms with van der Waals surface area (Å²) in [6, 6.07) is 5.34. The summed E-state index contributed by atoms with van der Waals surface area (Å²) in [6.07, 6.45) is 1.86. The van der Waals surface area contributed by atoms with Gasteiger partial charge in [0.15, 0.2) is 0 Å². The fraction of sp³-hybridized carbons (Fsp3) is 0.476. The van der Waals surface area contributed by atoms with E-state index in [1.165, 1.54) is 7.11 Å². The van der Waals surface area contributed by atoms with Crippen molar-refractivity contribution in [3.05, 3.63) is 41.2 Å². The smallest absolute Gasteiger partial charge is 0.319 e. The first-order chi connectivity index (χ1) is 15.9. The Kier molecular flexibility index (Phi) is 6.91. The number of piperazine rings is 1. The Hall–Kier alpha value is -3.02. The molecule has 178 valence electrons. The maximum Gasteiger partial charge on any atom is 0.319 e. The van der Waals surface area contributed by atoms with Crippen LogP contribution < -0.4 is 10.6 Å². The molecule has 1 aromatic rings. The van der Waals surface area contributed by atoms with Crippen LogP contribution in [0.5, 0.6) is 0 Å². The van der Waals surface area contributed by atoms with E-state index in [2.05, 4.69) is 10.6 Å². The Balaban J connectivity index is 1.30. The Morgan fingerprint density at radius 1 is 1.12 bits per heavy atom. The average molecular weight is 478 g/mol. The fourth-order valence-electron chi connectivity index (χ4n) is 4.14. The molecule has 11 nitrogen and oxygen atoms in total. The van der Waals surface area contributed by atoms with Gasteiger partial charge in [-0.05, 0) is 24.3 Å². The maximum absolute atomic E-state index is 13.1. The van der Waals surface area contributed by atoms with E-state index >= 15 is 0 Å². The largest absolute Gasteiger partial charge is 0.382 e. The lowest BCUT2D eigenvalue weighted by molar-refractivity contribution is -0.149. The maximum atomic E-state index is 13.1. The molecule has 0 bridgehead atoms. The van der Waals surface area contributed by atoms with Crippen LogP contribution >= 0.6 is 11.6 Å². The Morgan fingerprint density at radius 2 is 1.82 bits per heavy atom. The van der Waals surface area contributed by atoms with Crippen LogP contribution in [-0.2, 0) is 14.3 Å². The molecule has 0 spiro atoms. The van der Waals surface area contributed by atoms with E-state index in [1.807, 2.05) is 28.1 Å². The number of nitrogens with zero attached hydrogens (tertiary/aromatic N) is 5. The summed E-state index contributed by atoms with van der Waals surface area (Å²) in [5, 5.41) is 9.66. The number of carbonyl (C=O) groups is 3. The molecule has 12 heteroatoms. The molecule has 2 fully saturated rings. The van der Waals surface area contributed by atoms with Crippen LogP contribution in [0.3, 0.4) is 0 Å². The lowest BCUT2D eigenvalue weighted by Gasteiger charge is -2.40. The van der Waals surface area contributed by atoms with Crippen molar-refractivity contribution in [3.8, 4) is 0 Å². The number of halogens is 1. The molecule has 1 aromatic carbocycles. The minimum absolute atomic E-state index is 0.0167. The van der Waals surface area contributed by atoms with Crippen LogP contribution in [0.25, 0.3) is 0 Å². The summed E-state index contributed by atoms with van der Waals surface area (Å²) >= 11 is 5.86. The van der Waals surface area contributed by atoms with Gasteiger partial charge < -0.3 is 30.1 Å². The first-order valence-electron chi connectivity index (χ1n) is 10.7. The van der Waals surface area contributed by atoms with E-state index in [0.717, 1.165) is 0 Å². The molecule has 0 aliphatic carbocycles. The van der Waals surface area contributed by atoms with Crippen LogP contribution in [0, 0.1) is 0 Å². The third kappa shape index (κ3) is 5.15. The SMILES string of the molecule is COCC(NC(=O)Nc1ccc(Cl)cc1)C(=O)N1CCN(N2CN3CN(C)C=C3C2=O)CC1. The van der Waals surface area contributed by atoms with Crippen LogP contribution in [0.2, 0.25) is 5.02 Å². The number of benzene rings is 1. The Labute approximate surface area is 197 Å². The van der Waals surface area contributed by atoms with E-state index < -0.39 is 12.1 Å². The lowest BCUT2D eigenvalue weighted by atomic mass is 10.2. The van der Waals surface area contributed by atoms with Crippen molar-refractivity contribution in [2.75, 3.05) is 65.6 Å². The lowest BCUT2D eigenvalue weighted by Crippen LogP contribution is -2.59. The van der Waals surface area contributed by atoms with Gasteiger partial charge >= 0.3 is 6.03 Å². The topological polar surface area (TPSA) is 101 Å². The number of ether oxygens (including phenoxy) is 1. The van der Waals surface area contributed by atoms with Gasteiger partial charge in [-0.15, -0.1) is 0 Å². The number of carbonyl (C=O) groups excluding carboxylic acids is 3. The minimum atomic E-state index is -0.826. The van der Waals surface area contributed by atoms with E-state index in [4.69, 9.17) is 16.3 Å². The molecule has 2 N–H and O–H groups in total. The van der Waals surface area contributed by atoms with Crippen molar-refractivity contribution in [3.63, 3.8) is 0 Å². The second-order valence-electron chi connectivity index (χ2n) is 8.19. The summed E-state index contributed by atoms with van der Waals surface area (Å²) in [5.41, 5.74) is 1.26. The normalized spacial score (nSPS) is 19.5. The minimum Gasteiger partial charge on any atom is -0.382 e. The van der Waals surface area contributed by atoms with Gasteiger partial charge in [-0.1, -0.05) is 11.6 Å². The van der Waals surface area contributed by atoms with Crippen LogP contribution in [0.15, 0.2) is 36.2 Å². The molecule has 0 aromatic heterocycles. The predicted molar refractivity (Wildman–Crippen MR) is 122 cm³/mol. The number of anilines is 1. The van der Waals surface area contributed by atoms with Crippen molar-refractivity contribution < 1.29 is 19.1 Å². The first kappa shape index (κ1) is 23.1. The Bertz CT molecular complexity index is 933. The van der Waals surface area contributed by atoms with Crippen LogP contribution in [0.4, 0.5) is 10.5 Å². The van der Waals surface area contributed by atoms with Gasteiger partial charge in [-0.25, -0.2) is 14.8 Å². The van der Waals surface area contributed by atoms with Gasteiger partial charge in [-0.3, -0.25) is 9.59 Å². The predicted octanol–water partition coefficient (Wildman–Crippen LogP) is 0.382. The molecule has 3 heterocycles. The summed E-state index contributed by atoms with van der Waals surface area (Å²) in [7, 11) is 3.42. The second kappa shape index (κ2) is 9.86. The van der Waals surface area contributed by atoms with Gasteiger partial charge in [0.1, 0.15) is 18.4 Å². The van der Waals surface area contributed by atoms with Crippen molar-refractivity contribution in [1.82, 2.24) is 30.0 Å². The highest BCUT2D eigenvalue weighted by Gasteiger charge is 2.40. The third-order valence-corrected chi connectivity index (χ3v) is 6.04. The molecular formula is C21H28ClN7O4. The van der Waals surface area contributed by atoms with Crippen LogP contribution in [0.1, 0.15) is 0 Å². The fourth-order valence-corrected chi connectivity index (χ4v) is 4.27. The molecule has 3 aliphatic heterocycles. The molecular weight excluding hydrogens is 450 g/mol. The number of methoxy groups -OCH3 is 1. The van der Waals surface area contributed by atoms with Gasteiger partial charge in [-0.2, -0.15) is 0 Å². The van der Waals surface area contributed by atoms with Gasteiger partial charge in [0.25, 0.3) is 5.91 Å². The quantitative estimate of drug-likeness (QED) is 0.611. The molecule has 0 radical (unpaired) electrons. The average Bonchev–Trinajstić information content (AvgIpc) is 3.31. The number of hydrogen-bond donors (Lipinski definition) is 2. The zero-order valence-electron chi connectivity index (χ0n) is 18.7. The number of amides is 4. The van der Waals surface area contributed by atoms with E-state index in [0.29, 0.717) is 55.9 Å². The molecule has 33 heavy (non-hydrogen) atoms. The van der Waals surface area contributed by atoms with E-state index in [1.54, 1.807) is 34.2 Å². The summed E-state index contributed by atoms with van der Waals surface area (Å²) in [6.45, 7) is 3.22. The molecule has 1 unspecified atom stereocenters. The molecule has 4 amide bonds. The van der Waals surface area contributed by atoms with Crippen molar-refractivity contribution in [1.29, 1.82) is 0 Å². The molecule has 2 saturated heterocycles. The zero-order chi connectivity index (χ0) is 23.5. The summed E-state index contributed by atoms with van der Waals surface area (Å²) in [5.74, 6) is -0.239. The van der Waals surface area contributed by atoms with Crippen molar-refractivity contribution >= 4 is 35.1 Å². The van der Waals surface area contributed by atoms with Crippen molar-refractivity contribution in [2.24, 2.45) is 0 Å². The first-order valence-corrected chi connectivity index (χ1v) is 11.1. The van der Waals surface area contributed by atoms with Crippen LogP contribution in [-0.4, -0.2) is 109 Å². The van der Waals surface area contributed by atoms with Gasteiger partial charge in [0.05, 0.1) is 13.3 Å². The number of hydrogen-bond acceptors (Lipinski definition) is 7. The number of nitrogens with one attached hydrogen (secondary N) is 2. The molecule has 1 atom stereocenters. The number of urea groups is 1. The Morgan fingerprint density at radius 3 is 2.45 bits per heavy atom.